The zero-order chi connectivity index (χ0) is 14.7. The molecule has 0 aromatic heterocycles. The number of nitro groups is 1. The Morgan fingerprint density at radius 1 is 1.40 bits per heavy atom. The van der Waals surface area contributed by atoms with Crippen LogP contribution in [0.3, 0.4) is 0 Å². The number of carboxylic acid groups (broad SMARTS) is 1. The van der Waals surface area contributed by atoms with Gasteiger partial charge in [-0.3, -0.25) is 10.1 Å². The molecule has 8 heteroatoms. The molecule has 1 aliphatic heterocycles. The summed E-state index contributed by atoms with van der Waals surface area (Å²) in [5.41, 5.74) is -0.752. The molecule has 108 valence electrons. The molecule has 1 N–H and O–H groups in total. The van der Waals surface area contributed by atoms with Crippen LogP contribution in [0.2, 0.25) is 0 Å². The van der Waals surface area contributed by atoms with Crippen molar-refractivity contribution in [3.8, 4) is 0 Å². The monoisotopic (exact) mass is 300 g/mol. The molecule has 1 fully saturated rings. The molecule has 0 aliphatic carbocycles. The maximum Gasteiger partial charge on any atom is 0.338 e. The molecule has 0 radical (unpaired) electrons. The van der Waals surface area contributed by atoms with Crippen LogP contribution in [-0.4, -0.2) is 40.6 Å². The number of nitrogens with zero attached hydrogens (tertiary/aromatic N) is 2. The zero-order valence-corrected chi connectivity index (χ0v) is 11.4. The van der Waals surface area contributed by atoms with E-state index < -0.39 is 22.3 Å². The van der Waals surface area contributed by atoms with Crippen molar-refractivity contribution in [2.75, 3.05) is 29.5 Å². The number of carboxylic acids is 1. The third-order valence-corrected chi connectivity index (χ3v) is 4.10. The summed E-state index contributed by atoms with van der Waals surface area (Å²) in [4.78, 5) is 23.1. The molecule has 20 heavy (non-hydrogen) atoms. The van der Waals surface area contributed by atoms with Gasteiger partial charge in [-0.25, -0.2) is 9.18 Å². The molecule has 0 atom stereocenters. The van der Waals surface area contributed by atoms with Gasteiger partial charge in [-0.05, 0) is 18.2 Å². The molecule has 2 rings (SSSR count). The van der Waals surface area contributed by atoms with Gasteiger partial charge < -0.3 is 10.0 Å². The maximum atomic E-state index is 13.6. The number of hydrogen-bond acceptors (Lipinski definition) is 5. The van der Waals surface area contributed by atoms with Gasteiger partial charge in [-0.2, -0.15) is 11.8 Å². The molecule has 1 aromatic carbocycles. The minimum absolute atomic E-state index is 0.177. The average Bonchev–Trinajstić information content (AvgIpc) is 2.66. The number of thioether (sulfide) groups is 1. The second kappa shape index (κ2) is 6.08. The third kappa shape index (κ3) is 3.01. The zero-order valence-electron chi connectivity index (χ0n) is 10.5. The Morgan fingerprint density at radius 2 is 2.15 bits per heavy atom. The first-order valence-electron chi connectivity index (χ1n) is 6.04. The van der Waals surface area contributed by atoms with E-state index >= 15 is 0 Å². The number of anilines is 1. The van der Waals surface area contributed by atoms with E-state index in [1.165, 1.54) is 0 Å². The second-order valence-corrected chi connectivity index (χ2v) is 5.56. The molecule has 1 saturated heterocycles. The van der Waals surface area contributed by atoms with E-state index in [0.29, 0.717) is 19.2 Å². The first kappa shape index (κ1) is 14.6. The van der Waals surface area contributed by atoms with E-state index in [0.717, 1.165) is 24.0 Å². The summed E-state index contributed by atoms with van der Waals surface area (Å²) in [5, 5.41) is 20.0. The van der Waals surface area contributed by atoms with E-state index in [-0.39, 0.29) is 11.4 Å². The van der Waals surface area contributed by atoms with Gasteiger partial charge in [0, 0.05) is 18.8 Å². The minimum Gasteiger partial charge on any atom is -0.478 e. The summed E-state index contributed by atoms with van der Waals surface area (Å²) in [6, 6.07) is 1.75. The van der Waals surface area contributed by atoms with Gasteiger partial charge >= 0.3 is 5.97 Å². The summed E-state index contributed by atoms with van der Waals surface area (Å²) >= 11 is 1.74. The van der Waals surface area contributed by atoms with Crippen molar-refractivity contribution in [2.45, 2.75) is 6.42 Å². The first-order valence-corrected chi connectivity index (χ1v) is 7.20. The Labute approximate surface area is 118 Å². The fraction of sp³-hybridized carbons (Fsp3) is 0.417. The summed E-state index contributed by atoms with van der Waals surface area (Å²) in [6.45, 7) is 1.18. The highest BCUT2D eigenvalue weighted by Crippen LogP contribution is 2.32. The number of carbonyl (C=O) groups is 1. The molecular formula is C12H13FN2O4S. The Kier molecular flexibility index (Phi) is 4.43. The number of aromatic carboxylic acids is 1. The predicted octanol–water partition coefficient (Wildman–Crippen LogP) is 2.38. The average molecular weight is 300 g/mol. The summed E-state index contributed by atoms with van der Waals surface area (Å²) in [7, 11) is 0. The third-order valence-electron chi connectivity index (χ3n) is 3.05. The Balaban J connectivity index is 2.49. The van der Waals surface area contributed by atoms with Gasteiger partial charge in [0.15, 0.2) is 0 Å². The highest BCUT2D eigenvalue weighted by atomic mass is 32.2. The van der Waals surface area contributed by atoms with E-state index in [2.05, 4.69) is 0 Å². The number of hydrogen-bond donors (Lipinski definition) is 1. The van der Waals surface area contributed by atoms with Gasteiger partial charge in [-0.15, -0.1) is 0 Å². The van der Waals surface area contributed by atoms with Crippen LogP contribution in [0.25, 0.3) is 0 Å². The summed E-state index contributed by atoms with van der Waals surface area (Å²) in [5.74, 6) is -0.756. The Hall–Kier alpha value is -1.83. The van der Waals surface area contributed by atoms with Crippen molar-refractivity contribution in [2.24, 2.45) is 0 Å². The van der Waals surface area contributed by atoms with E-state index in [1.54, 1.807) is 16.7 Å². The van der Waals surface area contributed by atoms with Gasteiger partial charge in [0.25, 0.3) is 5.69 Å². The minimum atomic E-state index is -1.43. The van der Waals surface area contributed by atoms with Crippen molar-refractivity contribution in [3.63, 3.8) is 0 Å². The van der Waals surface area contributed by atoms with Crippen LogP contribution in [0.4, 0.5) is 15.8 Å². The van der Waals surface area contributed by atoms with Crippen LogP contribution in [0, 0.1) is 15.9 Å². The summed E-state index contributed by atoms with van der Waals surface area (Å²) < 4.78 is 13.6. The van der Waals surface area contributed by atoms with E-state index in [9.17, 15) is 19.3 Å². The topological polar surface area (TPSA) is 83.7 Å². The van der Waals surface area contributed by atoms with Crippen LogP contribution in [-0.2, 0) is 0 Å². The predicted molar refractivity (Wildman–Crippen MR) is 74.2 cm³/mol. The fourth-order valence-electron chi connectivity index (χ4n) is 2.10. The number of nitro benzene ring substituents is 1. The van der Waals surface area contributed by atoms with Crippen molar-refractivity contribution >= 4 is 29.1 Å². The van der Waals surface area contributed by atoms with Crippen molar-refractivity contribution < 1.29 is 19.2 Å². The molecule has 0 amide bonds. The SMILES string of the molecule is O=C(O)c1cc(N2CCCSCC2)c([N+](=O)[O-])cc1F. The van der Waals surface area contributed by atoms with E-state index in [4.69, 9.17) is 5.11 Å². The molecule has 1 heterocycles. The van der Waals surface area contributed by atoms with Gasteiger partial charge in [0.1, 0.15) is 11.5 Å². The largest absolute Gasteiger partial charge is 0.478 e. The molecule has 0 unspecified atom stereocenters. The lowest BCUT2D eigenvalue weighted by Crippen LogP contribution is -2.26. The Morgan fingerprint density at radius 3 is 2.80 bits per heavy atom. The van der Waals surface area contributed by atoms with Crippen LogP contribution in [0.5, 0.6) is 0 Å². The van der Waals surface area contributed by atoms with Gasteiger partial charge in [0.05, 0.1) is 16.6 Å². The highest BCUT2D eigenvalue weighted by molar-refractivity contribution is 7.99. The lowest BCUT2D eigenvalue weighted by atomic mass is 10.1. The smallest absolute Gasteiger partial charge is 0.338 e. The molecule has 6 nitrogen and oxygen atoms in total. The standard InChI is InChI=1S/C12H13FN2O4S/c13-9-7-11(15(18)19)10(6-8(9)12(16)17)14-2-1-4-20-5-3-14/h6-7H,1-5H2,(H,16,17). The van der Waals surface area contributed by atoms with Crippen molar-refractivity contribution in [1.82, 2.24) is 0 Å². The van der Waals surface area contributed by atoms with Crippen LogP contribution in [0.15, 0.2) is 12.1 Å². The lowest BCUT2D eigenvalue weighted by Gasteiger charge is -2.22. The maximum absolute atomic E-state index is 13.6. The number of rotatable bonds is 3. The molecule has 1 aromatic rings. The van der Waals surface area contributed by atoms with Crippen LogP contribution < -0.4 is 4.90 Å². The normalized spacial score (nSPS) is 15.8. The van der Waals surface area contributed by atoms with E-state index in [1.807, 2.05) is 0 Å². The van der Waals surface area contributed by atoms with Gasteiger partial charge in [-0.1, -0.05) is 0 Å². The van der Waals surface area contributed by atoms with Crippen molar-refractivity contribution in [1.29, 1.82) is 0 Å². The highest BCUT2D eigenvalue weighted by Gasteiger charge is 2.25. The molecule has 0 spiro atoms. The quantitative estimate of drug-likeness (QED) is 0.681. The number of benzene rings is 1. The van der Waals surface area contributed by atoms with Crippen LogP contribution >= 0.6 is 11.8 Å². The van der Waals surface area contributed by atoms with Crippen LogP contribution in [0.1, 0.15) is 16.8 Å². The van der Waals surface area contributed by atoms with Gasteiger partial charge in [0.2, 0.25) is 0 Å². The summed E-state index contributed by atoms with van der Waals surface area (Å²) in [6.07, 6.45) is 0.849. The fourth-order valence-corrected chi connectivity index (χ4v) is 2.99. The Bertz CT molecular complexity index is 545. The first-order chi connectivity index (χ1) is 9.50. The second-order valence-electron chi connectivity index (χ2n) is 4.34. The molecule has 0 bridgehead atoms. The molecular weight excluding hydrogens is 287 g/mol. The molecule has 1 aliphatic rings. The molecule has 0 saturated carbocycles. The number of halogens is 1. The lowest BCUT2D eigenvalue weighted by molar-refractivity contribution is -0.384. The van der Waals surface area contributed by atoms with Crippen molar-refractivity contribution in [3.05, 3.63) is 33.6 Å².